The summed E-state index contributed by atoms with van der Waals surface area (Å²) in [5.74, 6) is -0.897. The topological polar surface area (TPSA) is 138 Å². The Morgan fingerprint density at radius 1 is 1.08 bits per heavy atom. The number of rotatable bonds is 11. The second-order valence-corrected chi connectivity index (χ2v) is 9.35. The summed E-state index contributed by atoms with van der Waals surface area (Å²) in [7, 11) is 0. The highest BCUT2D eigenvalue weighted by Crippen LogP contribution is 2.31. The maximum absolute atomic E-state index is 13.3. The molecule has 2 amide bonds. The van der Waals surface area contributed by atoms with E-state index >= 15 is 0 Å². The van der Waals surface area contributed by atoms with E-state index in [1.807, 2.05) is 54.6 Å². The number of nitrogens with two attached hydrogens (primary N) is 1. The number of carbonyl (C=O) groups excluding carboxylic acids is 3. The number of fused-ring (bicyclic) bond motifs is 3. The number of aromatic amines is 1. The van der Waals surface area contributed by atoms with Crippen molar-refractivity contribution in [2.24, 2.45) is 5.73 Å². The van der Waals surface area contributed by atoms with E-state index in [1.165, 1.54) is 0 Å². The highest BCUT2D eigenvalue weighted by atomic mass is 16.5. The van der Waals surface area contributed by atoms with Gasteiger partial charge in [-0.25, -0.2) is 4.79 Å². The van der Waals surface area contributed by atoms with Gasteiger partial charge in [-0.2, -0.15) is 0 Å². The fraction of sp³-hybridized carbons (Fsp3) is 0.393. The van der Waals surface area contributed by atoms with Gasteiger partial charge in [0.15, 0.2) is 0 Å². The molecule has 0 saturated carbocycles. The largest absolute Gasteiger partial charge is 0.459 e. The van der Waals surface area contributed by atoms with Gasteiger partial charge < -0.3 is 30.8 Å². The third-order valence-electron chi connectivity index (χ3n) is 6.72. The average molecular weight is 507 g/mol. The number of nitrogens with one attached hydrogen (secondary N) is 2. The van der Waals surface area contributed by atoms with Crippen LogP contribution in [0.3, 0.4) is 0 Å². The molecule has 0 fully saturated rings. The van der Waals surface area contributed by atoms with Crippen molar-refractivity contribution in [2.75, 3.05) is 13.2 Å². The molecule has 2 heterocycles. The summed E-state index contributed by atoms with van der Waals surface area (Å²) in [6.45, 7) is 0.508. The normalized spacial score (nSPS) is 15.7. The zero-order chi connectivity index (χ0) is 26.2. The summed E-state index contributed by atoms with van der Waals surface area (Å²) >= 11 is 0. The molecule has 1 aliphatic heterocycles. The molecular weight excluding hydrogens is 472 g/mol. The van der Waals surface area contributed by atoms with E-state index in [-0.39, 0.29) is 12.5 Å². The van der Waals surface area contributed by atoms with Gasteiger partial charge in [-0.05, 0) is 30.0 Å². The molecule has 5 N–H and O–H groups in total. The quantitative estimate of drug-likeness (QED) is 0.232. The molecule has 0 aliphatic carbocycles. The summed E-state index contributed by atoms with van der Waals surface area (Å²) in [6, 6.07) is 15.8. The Morgan fingerprint density at radius 2 is 1.84 bits per heavy atom. The Labute approximate surface area is 216 Å². The van der Waals surface area contributed by atoms with Crippen LogP contribution in [0, 0.1) is 0 Å². The second kappa shape index (κ2) is 12.5. The van der Waals surface area contributed by atoms with Gasteiger partial charge in [-0.3, -0.25) is 9.59 Å². The van der Waals surface area contributed by atoms with Crippen LogP contribution in [-0.4, -0.2) is 58.0 Å². The zero-order valence-electron chi connectivity index (χ0n) is 20.8. The van der Waals surface area contributed by atoms with Crippen molar-refractivity contribution in [1.82, 2.24) is 15.2 Å². The van der Waals surface area contributed by atoms with Gasteiger partial charge in [0.2, 0.25) is 11.8 Å². The number of amides is 2. The van der Waals surface area contributed by atoms with E-state index in [2.05, 4.69) is 10.3 Å². The van der Waals surface area contributed by atoms with Crippen molar-refractivity contribution in [1.29, 1.82) is 0 Å². The van der Waals surface area contributed by atoms with Crippen LogP contribution in [0.5, 0.6) is 0 Å². The number of nitrogens with zero attached hydrogens (tertiary/aromatic N) is 1. The standard InChI is InChI=1S/C28H34N4O5/c29-22(17-33)27(35)30-14-8-2-5-13-26(34)32-16-24-21(20-11-6-7-12-23(20)31-24)15-25(32)28(36)37-18-19-9-3-1-4-10-19/h1,3-4,6-7,9-12,22,25,31,33H,2,5,8,13-18,29H2,(H,30,35)/t22-,25-/m0/s1. The first-order chi connectivity index (χ1) is 18.0. The Bertz CT molecular complexity index is 1230. The lowest BCUT2D eigenvalue weighted by Crippen LogP contribution is -2.49. The fourth-order valence-electron chi connectivity index (χ4n) is 4.65. The molecule has 37 heavy (non-hydrogen) atoms. The highest BCUT2D eigenvalue weighted by molar-refractivity contribution is 5.89. The van der Waals surface area contributed by atoms with Gasteiger partial charge in [0.05, 0.1) is 13.2 Å². The van der Waals surface area contributed by atoms with Crippen LogP contribution < -0.4 is 11.1 Å². The molecule has 4 rings (SSSR count). The minimum absolute atomic E-state index is 0.0997. The average Bonchev–Trinajstić information content (AvgIpc) is 3.30. The van der Waals surface area contributed by atoms with Crippen LogP contribution in [0.2, 0.25) is 0 Å². The Morgan fingerprint density at radius 3 is 2.62 bits per heavy atom. The molecule has 1 aromatic heterocycles. The molecule has 0 unspecified atom stereocenters. The van der Waals surface area contributed by atoms with Gasteiger partial charge in [-0.1, -0.05) is 55.0 Å². The number of hydrogen-bond donors (Lipinski definition) is 4. The van der Waals surface area contributed by atoms with Crippen LogP contribution in [0.25, 0.3) is 10.9 Å². The first-order valence-electron chi connectivity index (χ1n) is 12.7. The number of carbonyl (C=O) groups is 3. The molecule has 0 radical (unpaired) electrons. The van der Waals surface area contributed by atoms with Gasteiger partial charge in [0.25, 0.3) is 0 Å². The predicted molar refractivity (Wildman–Crippen MR) is 139 cm³/mol. The molecule has 2 atom stereocenters. The van der Waals surface area contributed by atoms with Gasteiger partial charge in [0.1, 0.15) is 18.7 Å². The first kappa shape index (κ1) is 26.4. The minimum atomic E-state index is -0.922. The summed E-state index contributed by atoms with van der Waals surface area (Å²) in [5, 5.41) is 12.7. The maximum Gasteiger partial charge on any atom is 0.329 e. The lowest BCUT2D eigenvalue weighted by Gasteiger charge is -2.34. The number of aliphatic hydroxyl groups excluding tert-OH is 1. The summed E-state index contributed by atoms with van der Waals surface area (Å²) in [5.41, 5.74) is 9.36. The van der Waals surface area contributed by atoms with Crippen molar-refractivity contribution in [3.63, 3.8) is 0 Å². The Balaban J connectivity index is 1.38. The number of aliphatic hydroxyl groups is 1. The summed E-state index contributed by atoms with van der Waals surface area (Å²) in [4.78, 5) is 43.2. The summed E-state index contributed by atoms with van der Waals surface area (Å²) in [6.07, 6.45) is 2.74. The van der Waals surface area contributed by atoms with E-state index in [0.717, 1.165) is 34.1 Å². The van der Waals surface area contributed by atoms with Crippen molar-refractivity contribution in [2.45, 2.75) is 57.3 Å². The fourth-order valence-corrected chi connectivity index (χ4v) is 4.65. The van der Waals surface area contributed by atoms with Crippen molar-refractivity contribution in [3.05, 3.63) is 71.4 Å². The number of para-hydroxylation sites is 1. The van der Waals surface area contributed by atoms with E-state index in [9.17, 15) is 14.4 Å². The van der Waals surface area contributed by atoms with Crippen LogP contribution in [0.15, 0.2) is 54.6 Å². The lowest BCUT2D eigenvalue weighted by atomic mass is 9.96. The number of unbranched alkanes of at least 4 members (excludes halogenated alkanes) is 2. The molecule has 196 valence electrons. The predicted octanol–water partition coefficient (Wildman–Crippen LogP) is 2.16. The maximum atomic E-state index is 13.3. The minimum Gasteiger partial charge on any atom is -0.459 e. The van der Waals surface area contributed by atoms with E-state index < -0.39 is 30.6 Å². The third kappa shape index (κ3) is 6.55. The number of hydrogen-bond acceptors (Lipinski definition) is 6. The zero-order valence-corrected chi connectivity index (χ0v) is 20.8. The van der Waals surface area contributed by atoms with Gasteiger partial charge in [0, 0.05) is 36.0 Å². The Kier molecular flexibility index (Phi) is 8.92. The van der Waals surface area contributed by atoms with Gasteiger partial charge in [-0.15, -0.1) is 0 Å². The Hall–Kier alpha value is -3.69. The van der Waals surface area contributed by atoms with Crippen LogP contribution in [0.4, 0.5) is 0 Å². The molecule has 0 bridgehead atoms. The molecule has 2 aromatic carbocycles. The number of esters is 1. The van der Waals surface area contributed by atoms with Crippen LogP contribution in [0.1, 0.15) is 42.5 Å². The highest BCUT2D eigenvalue weighted by Gasteiger charge is 2.37. The molecular formula is C28H34N4O5. The molecule has 3 aromatic rings. The van der Waals surface area contributed by atoms with Crippen molar-refractivity contribution >= 4 is 28.7 Å². The monoisotopic (exact) mass is 506 g/mol. The lowest BCUT2D eigenvalue weighted by molar-refractivity contribution is -0.157. The molecule has 0 saturated heterocycles. The smallest absolute Gasteiger partial charge is 0.329 e. The molecule has 9 nitrogen and oxygen atoms in total. The summed E-state index contributed by atoms with van der Waals surface area (Å²) < 4.78 is 5.65. The molecule has 1 aliphatic rings. The number of benzene rings is 2. The SMILES string of the molecule is N[C@@H](CO)C(=O)NCCCCCC(=O)N1Cc2[nH]c3ccccc3c2C[C@H]1C(=O)OCc1ccccc1. The van der Waals surface area contributed by atoms with E-state index in [0.29, 0.717) is 38.8 Å². The number of ether oxygens (including phenoxy) is 1. The third-order valence-corrected chi connectivity index (χ3v) is 6.72. The number of H-pyrrole nitrogens is 1. The van der Waals surface area contributed by atoms with Crippen molar-refractivity contribution < 1.29 is 24.2 Å². The second-order valence-electron chi connectivity index (χ2n) is 9.35. The van der Waals surface area contributed by atoms with Gasteiger partial charge >= 0.3 is 5.97 Å². The molecule has 9 heteroatoms. The number of aromatic nitrogens is 1. The van der Waals surface area contributed by atoms with E-state index in [1.54, 1.807) is 4.90 Å². The van der Waals surface area contributed by atoms with Crippen molar-refractivity contribution in [3.8, 4) is 0 Å². The van der Waals surface area contributed by atoms with Crippen LogP contribution >= 0.6 is 0 Å². The van der Waals surface area contributed by atoms with E-state index in [4.69, 9.17) is 15.6 Å². The molecule has 0 spiro atoms. The first-order valence-corrected chi connectivity index (χ1v) is 12.7. The van der Waals surface area contributed by atoms with Crippen LogP contribution in [-0.2, 0) is 38.7 Å².